The lowest BCUT2D eigenvalue weighted by Gasteiger charge is -2.19. The summed E-state index contributed by atoms with van der Waals surface area (Å²) in [5.74, 6) is 0.219. The van der Waals surface area contributed by atoms with Crippen molar-refractivity contribution < 1.29 is 14.6 Å². The van der Waals surface area contributed by atoms with Gasteiger partial charge >= 0.3 is 0 Å². The highest BCUT2D eigenvalue weighted by molar-refractivity contribution is 5.98. The van der Waals surface area contributed by atoms with E-state index in [1.165, 1.54) is 0 Å². The third-order valence-corrected chi connectivity index (χ3v) is 4.95. The zero-order valence-corrected chi connectivity index (χ0v) is 14.9. The Bertz CT molecular complexity index is 972. The number of nitrogens with zero attached hydrogens (tertiary/aromatic N) is 1. The number of aliphatic hydroxyl groups excluding tert-OH is 1. The summed E-state index contributed by atoms with van der Waals surface area (Å²) in [6, 6.07) is 16.6. The molecule has 4 rings (SSSR count). The highest BCUT2D eigenvalue weighted by Crippen LogP contribution is 2.32. The van der Waals surface area contributed by atoms with Gasteiger partial charge in [0, 0.05) is 18.8 Å². The number of carbonyl (C=O) groups is 1. The van der Waals surface area contributed by atoms with Crippen molar-refractivity contribution in [1.29, 1.82) is 0 Å². The smallest absolute Gasteiger partial charge is 0.255 e. The fourth-order valence-electron chi connectivity index (χ4n) is 3.57. The predicted octanol–water partition coefficient (Wildman–Crippen LogP) is 3.15. The number of ether oxygens (including phenoxy) is 1. The second-order valence-electron chi connectivity index (χ2n) is 6.57. The van der Waals surface area contributed by atoms with Crippen LogP contribution in [0, 0.1) is 0 Å². The summed E-state index contributed by atoms with van der Waals surface area (Å²) in [5, 5.41) is 13.3. The fraction of sp³-hybridized carbons (Fsp3) is 0.182. The number of pyridine rings is 1. The molecule has 5 nitrogen and oxygen atoms in total. The normalized spacial score (nSPS) is 18.0. The molecule has 2 N–H and O–H groups in total. The van der Waals surface area contributed by atoms with Crippen LogP contribution in [0.2, 0.25) is 0 Å². The molecule has 5 heteroatoms. The minimum atomic E-state index is -0.631. The van der Waals surface area contributed by atoms with Gasteiger partial charge in [-0.3, -0.25) is 9.78 Å². The second kappa shape index (κ2) is 7.21. The van der Waals surface area contributed by atoms with Gasteiger partial charge in [-0.15, -0.1) is 0 Å². The van der Waals surface area contributed by atoms with Crippen LogP contribution in [0.1, 0.15) is 27.5 Å². The Balaban J connectivity index is 1.61. The number of nitrogens with one attached hydrogen (secondary N) is 1. The van der Waals surface area contributed by atoms with Gasteiger partial charge in [-0.2, -0.15) is 0 Å². The van der Waals surface area contributed by atoms with Crippen LogP contribution in [0.3, 0.4) is 0 Å². The van der Waals surface area contributed by atoms with Gasteiger partial charge in [-0.25, -0.2) is 0 Å². The molecular weight excluding hydrogens is 340 g/mol. The van der Waals surface area contributed by atoms with Crippen molar-refractivity contribution >= 4 is 5.91 Å². The highest BCUT2D eigenvalue weighted by atomic mass is 16.5. The van der Waals surface area contributed by atoms with Crippen LogP contribution in [0.15, 0.2) is 67.0 Å². The Morgan fingerprint density at radius 3 is 2.67 bits per heavy atom. The molecule has 27 heavy (non-hydrogen) atoms. The molecular formula is C22H20N2O3. The van der Waals surface area contributed by atoms with E-state index in [9.17, 15) is 9.90 Å². The standard InChI is InChI=1S/C22H20N2O3/c1-27-20-13-15(14-8-10-23-11-9-14)6-7-18(20)22(26)24-21-17-5-3-2-4-16(17)12-19(21)25/h2-11,13,19,21,25H,12H2,1H3,(H,24,26)/t19-,21-/m1/s1. The molecule has 136 valence electrons. The monoisotopic (exact) mass is 360 g/mol. The lowest BCUT2D eigenvalue weighted by molar-refractivity contribution is 0.0855. The zero-order chi connectivity index (χ0) is 18.8. The molecule has 0 saturated carbocycles. The largest absolute Gasteiger partial charge is 0.496 e. The van der Waals surface area contributed by atoms with Crippen LogP contribution >= 0.6 is 0 Å². The number of fused-ring (bicyclic) bond motifs is 1. The molecule has 0 saturated heterocycles. The SMILES string of the molecule is COc1cc(-c2ccncc2)ccc1C(=O)N[C@@H]1c2ccccc2C[C@H]1O. The number of aliphatic hydroxyl groups is 1. The molecule has 1 aliphatic rings. The first-order valence-corrected chi connectivity index (χ1v) is 8.82. The average Bonchev–Trinajstić information content (AvgIpc) is 3.03. The molecule has 1 amide bonds. The van der Waals surface area contributed by atoms with E-state index in [0.717, 1.165) is 22.3 Å². The minimum absolute atomic E-state index is 0.270. The van der Waals surface area contributed by atoms with Crippen LogP contribution in [-0.2, 0) is 6.42 Å². The molecule has 2 atom stereocenters. The van der Waals surface area contributed by atoms with Crippen LogP contribution in [-0.4, -0.2) is 29.2 Å². The maximum atomic E-state index is 12.9. The van der Waals surface area contributed by atoms with Gasteiger partial charge in [-0.05, 0) is 46.5 Å². The Morgan fingerprint density at radius 1 is 1.11 bits per heavy atom. The number of aromatic nitrogens is 1. The van der Waals surface area contributed by atoms with Crippen LogP contribution in [0.5, 0.6) is 5.75 Å². The second-order valence-corrected chi connectivity index (χ2v) is 6.57. The van der Waals surface area contributed by atoms with Crippen molar-refractivity contribution in [3.05, 3.63) is 83.7 Å². The number of hydrogen-bond donors (Lipinski definition) is 2. The van der Waals surface area contributed by atoms with Crippen LogP contribution in [0.25, 0.3) is 11.1 Å². The number of benzene rings is 2. The first-order valence-electron chi connectivity index (χ1n) is 8.82. The van der Waals surface area contributed by atoms with Gasteiger partial charge < -0.3 is 15.2 Å². The minimum Gasteiger partial charge on any atom is -0.496 e. The summed E-state index contributed by atoms with van der Waals surface area (Å²) in [6.07, 6.45) is 3.36. The molecule has 0 aliphatic heterocycles. The quantitative estimate of drug-likeness (QED) is 0.750. The van der Waals surface area contributed by atoms with Gasteiger partial charge in [0.2, 0.25) is 0 Å². The van der Waals surface area contributed by atoms with E-state index >= 15 is 0 Å². The van der Waals surface area contributed by atoms with Crippen molar-refractivity contribution in [3.8, 4) is 16.9 Å². The summed E-state index contributed by atoms with van der Waals surface area (Å²) in [4.78, 5) is 16.9. The molecule has 0 radical (unpaired) electrons. The van der Waals surface area contributed by atoms with Crippen molar-refractivity contribution in [2.24, 2.45) is 0 Å². The highest BCUT2D eigenvalue weighted by Gasteiger charge is 2.32. The van der Waals surface area contributed by atoms with E-state index in [-0.39, 0.29) is 5.91 Å². The summed E-state index contributed by atoms with van der Waals surface area (Å²) in [7, 11) is 1.54. The van der Waals surface area contributed by atoms with E-state index in [1.807, 2.05) is 48.5 Å². The number of methoxy groups -OCH3 is 1. The van der Waals surface area contributed by atoms with E-state index in [4.69, 9.17) is 4.74 Å². The Labute approximate surface area is 157 Å². The van der Waals surface area contributed by atoms with E-state index in [1.54, 1.807) is 25.6 Å². The average molecular weight is 360 g/mol. The molecule has 0 fully saturated rings. The lowest BCUT2D eigenvalue weighted by Crippen LogP contribution is -2.34. The van der Waals surface area contributed by atoms with E-state index in [0.29, 0.717) is 17.7 Å². The van der Waals surface area contributed by atoms with Gasteiger partial charge in [0.1, 0.15) is 5.75 Å². The maximum Gasteiger partial charge on any atom is 0.255 e. The van der Waals surface area contributed by atoms with Gasteiger partial charge in [0.25, 0.3) is 5.91 Å². The van der Waals surface area contributed by atoms with E-state index < -0.39 is 12.1 Å². The first-order chi connectivity index (χ1) is 13.2. The van der Waals surface area contributed by atoms with Gasteiger partial charge in [0.15, 0.2) is 0 Å². The first kappa shape index (κ1) is 17.2. The number of rotatable bonds is 4. The van der Waals surface area contributed by atoms with Crippen molar-refractivity contribution in [2.75, 3.05) is 7.11 Å². The summed E-state index contributed by atoms with van der Waals surface area (Å²) >= 11 is 0. The molecule has 3 aromatic rings. The van der Waals surface area contributed by atoms with E-state index in [2.05, 4.69) is 10.3 Å². The summed E-state index contributed by atoms with van der Waals surface area (Å²) < 4.78 is 5.45. The Kier molecular flexibility index (Phi) is 4.60. The predicted molar refractivity (Wildman–Crippen MR) is 103 cm³/mol. The molecule has 2 aromatic carbocycles. The molecule has 1 heterocycles. The summed E-state index contributed by atoms with van der Waals surface area (Å²) in [6.45, 7) is 0. The number of amides is 1. The maximum absolute atomic E-state index is 12.9. The summed E-state index contributed by atoms with van der Waals surface area (Å²) in [5.41, 5.74) is 4.40. The lowest BCUT2D eigenvalue weighted by atomic mass is 10.0. The van der Waals surface area contributed by atoms with Gasteiger partial charge in [-0.1, -0.05) is 30.3 Å². The number of carbonyl (C=O) groups excluding carboxylic acids is 1. The third-order valence-electron chi connectivity index (χ3n) is 4.95. The number of hydrogen-bond acceptors (Lipinski definition) is 4. The molecule has 0 bridgehead atoms. The molecule has 0 unspecified atom stereocenters. The van der Waals surface area contributed by atoms with Gasteiger partial charge in [0.05, 0.1) is 24.8 Å². The molecule has 1 aliphatic carbocycles. The topological polar surface area (TPSA) is 71.5 Å². The molecule has 0 spiro atoms. The fourth-order valence-corrected chi connectivity index (χ4v) is 3.57. The molecule has 1 aromatic heterocycles. The Hall–Kier alpha value is -3.18. The van der Waals surface area contributed by atoms with Crippen LogP contribution in [0.4, 0.5) is 0 Å². The van der Waals surface area contributed by atoms with Crippen molar-refractivity contribution in [3.63, 3.8) is 0 Å². The zero-order valence-electron chi connectivity index (χ0n) is 14.9. The van der Waals surface area contributed by atoms with Crippen molar-refractivity contribution in [2.45, 2.75) is 18.6 Å². The van der Waals surface area contributed by atoms with Crippen LogP contribution < -0.4 is 10.1 Å². The Morgan fingerprint density at radius 2 is 1.89 bits per heavy atom. The third kappa shape index (κ3) is 3.29. The van der Waals surface area contributed by atoms with Crippen molar-refractivity contribution in [1.82, 2.24) is 10.3 Å².